The van der Waals surface area contributed by atoms with E-state index in [1.807, 2.05) is 19.4 Å². The summed E-state index contributed by atoms with van der Waals surface area (Å²) in [7, 11) is 1.96. The van der Waals surface area contributed by atoms with Gasteiger partial charge in [0.25, 0.3) is 0 Å². The highest BCUT2D eigenvalue weighted by atomic mass is 32.1. The lowest BCUT2D eigenvalue weighted by Gasteiger charge is -1.97. The number of hydrogen-bond acceptors (Lipinski definition) is 3. The van der Waals surface area contributed by atoms with E-state index in [9.17, 15) is 0 Å². The van der Waals surface area contributed by atoms with Gasteiger partial charge in [-0.15, -0.1) is 11.3 Å². The second-order valence-electron chi connectivity index (χ2n) is 3.60. The van der Waals surface area contributed by atoms with Gasteiger partial charge in [0.15, 0.2) is 0 Å². The summed E-state index contributed by atoms with van der Waals surface area (Å²) in [6, 6.07) is 4.39. The molecule has 0 radical (unpaired) electrons. The number of nitrogens with one attached hydrogen (secondary N) is 1. The van der Waals surface area contributed by atoms with Gasteiger partial charge >= 0.3 is 0 Å². The highest BCUT2D eigenvalue weighted by Gasteiger charge is 2.02. The van der Waals surface area contributed by atoms with Gasteiger partial charge in [-0.05, 0) is 42.6 Å². The van der Waals surface area contributed by atoms with Crippen LogP contribution >= 0.6 is 11.3 Å². The molecule has 0 aliphatic heterocycles. The van der Waals surface area contributed by atoms with Crippen LogP contribution in [0.3, 0.4) is 0 Å². The molecule has 2 aromatic rings. The van der Waals surface area contributed by atoms with Crippen LogP contribution in [-0.2, 0) is 6.54 Å². The summed E-state index contributed by atoms with van der Waals surface area (Å²) in [5.74, 6) is 0. The number of rotatable bonds is 3. The number of thiophene rings is 1. The molecular weight excluding hydrogens is 204 g/mol. The van der Waals surface area contributed by atoms with Crippen molar-refractivity contribution in [3.63, 3.8) is 0 Å². The number of aryl methyl sites for hydroxylation is 1. The predicted octanol–water partition coefficient (Wildman–Crippen LogP) is 2.84. The van der Waals surface area contributed by atoms with Gasteiger partial charge in [0.05, 0.1) is 0 Å². The highest BCUT2D eigenvalue weighted by Crippen LogP contribution is 2.26. The smallest absolute Gasteiger partial charge is 0.0361 e. The molecule has 1 N–H and O–H groups in total. The molecule has 0 amide bonds. The number of aromatic nitrogens is 1. The van der Waals surface area contributed by atoms with Gasteiger partial charge in [0, 0.05) is 29.4 Å². The molecule has 0 bridgehead atoms. The van der Waals surface area contributed by atoms with Crippen molar-refractivity contribution in [2.24, 2.45) is 0 Å². The minimum atomic E-state index is 0.926. The van der Waals surface area contributed by atoms with E-state index in [2.05, 4.69) is 34.7 Å². The topological polar surface area (TPSA) is 24.9 Å². The summed E-state index contributed by atoms with van der Waals surface area (Å²) >= 11 is 1.77. The summed E-state index contributed by atoms with van der Waals surface area (Å²) in [6.45, 7) is 2.99. The van der Waals surface area contributed by atoms with Crippen molar-refractivity contribution in [2.75, 3.05) is 7.05 Å². The molecular formula is C12H14N2S. The van der Waals surface area contributed by atoms with Crippen molar-refractivity contribution in [2.45, 2.75) is 13.5 Å². The lowest BCUT2D eigenvalue weighted by Crippen LogP contribution is -2.03. The van der Waals surface area contributed by atoms with E-state index in [0.717, 1.165) is 6.54 Å². The molecule has 0 unspecified atom stereocenters. The van der Waals surface area contributed by atoms with Gasteiger partial charge in [-0.2, -0.15) is 0 Å². The molecule has 78 valence electrons. The zero-order valence-corrected chi connectivity index (χ0v) is 9.77. The summed E-state index contributed by atoms with van der Waals surface area (Å²) < 4.78 is 0. The Hall–Kier alpha value is -1.19. The molecule has 2 heterocycles. The molecule has 0 atom stereocenters. The van der Waals surface area contributed by atoms with Crippen LogP contribution in [0.4, 0.5) is 0 Å². The van der Waals surface area contributed by atoms with E-state index in [0.29, 0.717) is 0 Å². The number of hydrogen-bond donors (Lipinski definition) is 1. The Bertz CT molecular complexity index is 448. The molecule has 0 aliphatic rings. The van der Waals surface area contributed by atoms with Crippen LogP contribution in [0.1, 0.15) is 11.1 Å². The highest BCUT2D eigenvalue weighted by molar-refractivity contribution is 7.13. The molecule has 0 spiro atoms. The minimum absolute atomic E-state index is 0.926. The van der Waals surface area contributed by atoms with Gasteiger partial charge in [-0.25, -0.2) is 0 Å². The Morgan fingerprint density at radius 3 is 2.93 bits per heavy atom. The maximum absolute atomic E-state index is 4.21. The second kappa shape index (κ2) is 4.55. The van der Waals surface area contributed by atoms with Gasteiger partial charge in [-0.3, -0.25) is 4.98 Å². The fraction of sp³-hybridized carbons (Fsp3) is 0.250. The van der Waals surface area contributed by atoms with Gasteiger partial charge < -0.3 is 5.32 Å². The second-order valence-corrected chi connectivity index (χ2v) is 4.51. The van der Waals surface area contributed by atoms with Crippen molar-refractivity contribution in [3.8, 4) is 10.4 Å². The molecule has 2 nitrogen and oxygen atoms in total. The van der Waals surface area contributed by atoms with Crippen LogP contribution in [0.5, 0.6) is 0 Å². The first kappa shape index (κ1) is 10.3. The monoisotopic (exact) mass is 218 g/mol. The molecule has 0 aliphatic carbocycles. The van der Waals surface area contributed by atoms with Crippen LogP contribution in [0.15, 0.2) is 29.9 Å². The van der Waals surface area contributed by atoms with E-state index in [1.54, 1.807) is 11.3 Å². The molecule has 15 heavy (non-hydrogen) atoms. The average Bonchev–Trinajstić information content (AvgIpc) is 2.67. The first-order valence-corrected chi connectivity index (χ1v) is 5.81. The third kappa shape index (κ3) is 2.43. The van der Waals surface area contributed by atoms with Gasteiger partial charge in [-0.1, -0.05) is 0 Å². The zero-order valence-electron chi connectivity index (χ0n) is 8.95. The Morgan fingerprint density at radius 2 is 2.20 bits per heavy atom. The Labute approximate surface area is 94.0 Å². The van der Waals surface area contributed by atoms with Crippen LogP contribution in [-0.4, -0.2) is 12.0 Å². The fourth-order valence-electron chi connectivity index (χ4n) is 1.51. The predicted molar refractivity (Wildman–Crippen MR) is 65.1 cm³/mol. The Kier molecular flexibility index (Phi) is 3.14. The number of nitrogens with zero attached hydrogens (tertiary/aromatic N) is 1. The van der Waals surface area contributed by atoms with Crippen molar-refractivity contribution in [1.29, 1.82) is 0 Å². The summed E-state index contributed by atoms with van der Waals surface area (Å²) in [4.78, 5) is 5.50. The molecule has 0 fully saturated rings. The van der Waals surface area contributed by atoms with Crippen LogP contribution in [0.2, 0.25) is 0 Å². The van der Waals surface area contributed by atoms with Gasteiger partial charge in [0.1, 0.15) is 0 Å². The largest absolute Gasteiger partial charge is 0.316 e. The van der Waals surface area contributed by atoms with Crippen molar-refractivity contribution in [1.82, 2.24) is 10.3 Å². The summed E-state index contributed by atoms with van der Waals surface area (Å²) in [5, 5.41) is 5.34. The normalized spacial score (nSPS) is 10.5. The SMILES string of the molecule is CNCc1csc(-c2cncc(C)c2)c1. The lowest BCUT2D eigenvalue weighted by atomic mass is 10.2. The standard InChI is InChI=1S/C12H14N2S/c1-9-3-11(7-14-5-9)12-4-10(6-13-2)8-15-12/h3-5,7-8,13H,6H2,1-2H3. The third-order valence-electron chi connectivity index (χ3n) is 2.19. The third-order valence-corrected chi connectivity index (χ3v) is 3.22. The van der Waals surface area contributed by atoms with Gasteiger partial charge in [0.2, 0.25) is 0 Å². The summed E-state index contributed by atoms with van der Waals surface area (Å²) in [6.07, 6.45) is 3.80. The molecule has 2 aromatic heterocycles. The first-order valence-electron chi connectivity index (χ1n) is 4.93. The van der Waals surface area contributed by atoms with Crippen molar-refractivity contribution in [3.05, 3.63) is 41.0 Å². The summed E-state index contributed by atoms with van der Waals surface area (Å²) in [5.41, 5.74) is 3.75. The lowest BCUT2D eigenvalue weighted by molar-refractivity contribution is 0.821. The van der Waals surface area contributed by atoms with Crippen molar-refractivity contribution >= 4 is 11.3 Å². The van der Waals surface area contributed by atoms with Crippen LogP contribution < -0.4 is 5.32 Å². The Morgan fingerprint density at radius 1 is 1.33 bits per heavy atom. The molecule has 0 aromatic carbocycles. The maximum Gasteiger partial charge on any atom is 0.0361 e. The Balaban J connectivity index is 2.29. The van der Waals surface area contributed by atoms with E-state index in [4.69, 9.17) is 0 Å². The fourth-order valence-corrected chi connectivity index (χ4v) is 2.41. The molecule has 3 heteroatoms. The average molecular weight is 218 g/mol. The van der Waals surface area contributed by atoms with E-state index < -0.39 is 0 Å². The molecule has 0 saturated heterocycles. The van der Waals surface area contributed by atoms with Crippen LogP contribution in [0, 0.1) is 6.92 Å². The zero-order chi connectivity index (χ0) is 10.7. The molecule has 0 saturated carbocycles. The van der Waals surface area contributed by atoms with E-state index in [-0.39, 0.29) is 0 Å². The van der Waals surface area contributed by atoms with Crippen LogP contribution in [0.25, 0.3) is 10.4 Å². The van der Waals surface area contributed by atoms with E-state index >= 15 is 0 Å². The quantitative estimate of drug-likeness (QED) is 0.857. The first-order chi connectivity index (χ1) is 7.29. The number of pyridine rings is 1. The van der Waals surface area contributed by atoms with Crippen molar-refractivity contribution < 1.29 is 0 Å². The maximum atomic E-state index is 4.21. The molecule has 2 rings (SSSR count). The minimum Gasteiger partial charge on any atom is -0.316 e. The van der Waals surface area contributed by atoms with E-state index in [1.165, 1.54) is 21.6 Å².